The van der Waals surface area contributed by atoms with Crippen molar-refractivity contribution in [3.8, 4) is 11.4 Å². The zero-order valence-corrected chi connectivity index (χ0v) is 11.0. The smallest absolute Gasteiger partial charge is 0.250 e. The van der Waals surface area contributed by atoms with Crippen LogP contribution < -0.4 is 10.5 Å². The number of carbonyl (C=O) groups excluding carboxylic acids is 1. The topological polar surface area (TPSA) is 57.2 Å². The third-order valence-corrected chi connectivity index (χ3v) is 2.74. The van der Waals surface area contributed by atoms with E-state index in [2.05, 4.69) is 0 Å². The molecule has 1 heterocycles. The van der Waals surface area contributed by atoms with Crippen molar-refractivity contribution >= 4 is 18.3 Å². The van der Waals surface area contributed by atoms with Gasteiger partial charge in [0.05, 0.1) is 12.7 Å². The lowest BCUT2D eigenvalue weighted by Gasteiger charge is -2.08. The highest BCUT2D eigenvalue weighted by atomic mass is 35.5. The molecule has 0 saturated carbocycles. The molecule has 2 aromatic rings. The summed E-state index contributed by atoms with van der Waals surface area (Å²) >= 11 is 0. The van der Waals surface area contributed by atoms with Gasteiger partial charge in [0, 0.05) is 23.6 Å². The van der Waals surface area contributed by atoms with Crippen LogP contribution in [0, 0.1) is 6.92 Å². The van der Waals surface area contributed by atoms with Gasteiger partial charge in [-0.15, -0.1) is 12.4 Å². The second kappa shape index (κ2) is 5.60. The Balaban J connectivity index is 0.00000162. The Labute approximate surface area is 112 Å². The summed E-state index contributed by atoms with van der Waals surface area (Å²) in [6.45, 7) is 1.86. The molecule has 0 atom stereocenters. The van der Waals surface area contributed by atoms with Crippen molar-refractivity contribution in [2.75, 3.05) is 7.11 Å². The maximum Gasteiger partial charge on any atom is 0.250 e. The Hall–Kier alpha value is -1.94. The average Bonchev–Trinajstić information content (AvgIpc) is 2.71. The highest BCUT2D eigenvalue weighted by Gasteiger charge is 2.10. The van der Waals surface area contributed by atoms with Crippen LogP contribution in [0.5, 0.6) is 5.75 Å². The number of nitrogens with two attached hydrogens (primary N) is 1. The largest absolute Gasteiger partial charge is 0.497 e. The summed E-state index contributed by atoms with van der Waals surface area (Å²) in [6.07, 6.45) is 1.82. The van der Waals surface area contributed by atoms with Crippen LogP contribution in [-0.4, -0.2) is 17.6 Å². The second-order valence-electron chi connectivity index (χ2n) is 3.75. The molecule has 0 aliphatic rings. The molecule has 96 valence electrons. The lowest BCUT2D eigenvalue weighted by Crippen LogP contribution is -2.12. The molecule has 4 nitrogen and oxygen atoms in total. The molecule has 0 unspecified atom stereocenters. The summed E-state index contributed by atoms with van der Waals surface area (Å²) in [5.74, 6) is 0.361. The number of amides is 1. The number of hydrogen-bond donors (Lipinski definition) is 1. The molecular formula is C13H15ClN2O2. The van der Waals surface area contributed by atoms with Gasteiger partial charge in [-0.2, -0.15) is 0 Å². The molecule has 1 aromatic carbocycles. The van der Waals surface area contributed by atoms with Gasteiger partial charge < -0.3 is 15.0 Å². The van der Waals surface area contributed by atoms with E-state index in [0.717, 1.165) is 17.1 Å². The van der Waals surface area contributed by atoms with Crippen LogP contribution >= 0.6 is 12.4 Å². The predicted octanol–water partition coefficient (Wildman–Crippen LogP) is 2.32. The van der Waals surface area contributed by atoms with Crippen LogP contribution in [0.3, 0.4) is 0 Å². The first-order valence-electron chi connectivity index (χ1n) is 5.25. The fourth-order valence-corrected chi connectivity index (χ4v) is 1.81. The molecule has 0 aliphatic heterocycles. The zero-order chi connectivity index (χ0) is 12.4. The SMILES string of the molecule is COc1cccc(-n2ccc(C(N)=O)c2C)c1.Cl. The Kier molecular flexibility index (Phi) is 4.39. The number of benzene rings is 1. The van der Waals surface area contributed by atoms with Crippen LogP contribution in [0.4, 0.5) is 0 Å². The molecule has 5 heteroatoms. The molecule has 2 N–H and O–H groups in total. The molecule has 0 fully saturated rings. The van der Waals surface area contributed by atoms with Crippen LogP contribution in [0.25, 0.3) is 5.69 Å². The minimum absolute atomic E-state index is 0. The van der Waals surface area contributed by atoms with E-state index in [1.165, 1.54) is 0 Å². The van der Waals surface area contributed by atoms with Gasteiger partial charge in [-0.05, 0) is 25.1 Å². The molecule has 18 heavy (non-hydrogen) atoms. The van der Waals surface area contributed by atoms with Crippen molar-refractivity contribution in [3.05, 3.63) is 47.8 Å². The number of methoxy groups -OCH3 is 1. The van der Waals surface area contributed by atoms with E-state index in [9.17, 15) is 4.79 Å². The fourth-order valence-electron chi connectivity index (χ4n) is 1.81. The molecule has 1 aromatic heterocycles. The number of halogens is 1. The Morgan fingerprint density at radius 2 is 2.06 bits per heavy atom. The lowest BCUT2D eigenvalue weighted by atomic mass is 10.2. The number of nitrogens with zero attached hydrogens (tertiary/aromatic N) is 1. The Bertz CT molecular complexity index is 564. The average molecular weight is 267 g/mol. The van der Waals surface area contributed by atoms with Gasteiger partial charge in [-0.25, -0.2) is 0 Å². The highest BCUT2D eigenvalue weighted by molar-refractivity contribution is 5.94. The molecule has 0 spiro atoms. The zero-order valence-electron chi connectivity index (χ0n) is 10.2. The van der Waals surface area contributed by atoms with Gasteiger partial charge in [-0.1, -0.05) is 6.07 Å². The Morgan fingerprint density at radius 1 is 1.33 bits per heavy atom. The van der Waals surface area contributed by atoms with Gasteiger partial charge in [0.15, 0.2) is 0 Å². The number of hydrogen-bond acceptors (Lipinski definition) is 2. The monoisotopic (exact) mass is 266 g/mol. The summed E-state index contributed by atoms with van der Waals surface area (Å²) in [7, 11) is 1.62. The van der Waals surface area contributed by atoms with Crippen molar-refractivity contribution in [2.45, 2.75) is 6.92 Å². The number of rotatable bonds is 3. The normalized spacial score (nSPS) is 9.67. The van der Waals surface area contributed by atoms with Crippen LogP contribution in [0.2, 0.25) is 0 Å². The molecule has 2 rings (SSSR count). The van der Waals surface area contributed by atoms with Gasteiger partial charge in [0.1, 0.15) is 5.75 Å². The lowest BCUT2D eigenvalue weighted by molar-refractivity contribution is 0.1000. The van der Waals surface area contributed by atoms with Gasteiger partial charge in [-0.3, -0.25) is 4.79 Å². The third kappa shape index (κ3) is 2.49. The summed E-state index contributed by atoms with van der Waals surface area (Å²) in [5.41, 5.74) is 7.58. The highest BCUT2D eigenvalue weighted by Crippen LogP contribution is 2.20. The van der Waals surface area contributed by atoms with E-state index in [0.29, 0.717) is 5.56 Å². The van der Waals surface area contributed by atoms with E-state index in [1.54, 1.807) is 13.2 Å². The van der Waals surface area contributed by atoms with E-state index >= 15 is 0 Å². The number of aromatic nitrogens is 1. The predicted molar refractivity (Wildman–Crippen MR) is 72.8 cm³/mol. The van der Waals surface area contributed by atoms with Crippen molar-refractivity contribution in [1.82, 2.24) is 4.57 Å². The first-order chi connectivity index (χ1) is 8.13. The van der Waals surface area contributed by atoms with Gasteiger partial charge in [0.2, 0.25) is 0 Å². The molecular weight excluding hydrogens is 252 g/mol. The van der Waals surface area contributed by atoms with Crippen molar-refractivity contribution < 1.29 is 9.53 Å². The summed E-state index contributed by atoms with van der Waals surface area (Å²) < 4.78 is 7.07. The summed E-state index contributed by atoms with van der Waals surface area (Å²) in [5, 5.41) is 0. The second-order valence-corrected chi connectivity index (χ2v) is 3.75. The van der Waals surface area contributed by atoms with Gasteiger partial charge in [0.25, 0.3) is 5.91 Å². The van der Waals surface area contributed by atoms with Crippen molar-refractivity contribution in [1.29, 1.82) is 0 Å². The third-order valence-electron chi connectivity index (χ3n) is 2.74. The van der Waals surface area contributed by atoms with E-state index in [-0.39, 0.29) is 12.4 Å². The number of primary amides is 1. The summed E-state index contributed by atoms with van der Waals surface area (Å²) in [6, 6.07) is 9.34. The minimum atomic E-state index is -0.413. The maximum atomic E-state index is 11.2. The molecule has 0 aliphatic carbocycles. The van der Waals surface area contributed by atoms with E-state index < -0.39 is 5.91 Å². The first kappa shape index (κ1) is 14.1. The van der Waals surface area contributed by atoms with Crippen molar-refractivity contribution in [2.24, 2.45) is 5.73 Å². The first-order valence-corrected chi connectivity index (χ1v) is 5.25. The van der Waals surface area contributed by atoms with Crippen LogP contribution in [0.1, 0.15) is 16.1 Å². The summed E-state index contributed by atoms with van der Waals surface area (Å²) in [4.78, 5) is 11.2. The number of carbonyl (C=O) groups is 1. The standard InChI is InChI=1S/C13H14N2O2.ClH/c1-9-12(13(14)16)6-7-15(9)10-4-3-5-11(8-10)17-2;/h3-8H,1-2H3,(H2,14,16);1H. The van der Waals surface area contributed by atoms with Crippen molar-refractivity contribution in [3.63, 3.8) is 0 Å². The van der Waals surface area contributed by atoms with E-state index in [1.807, 2.05) is 42.0 Å². The quantitative estimate of drug-likeness (QED) is 0.927. The number of ether oxygens (including phenoxy) is 1. The van der Waals surface area contributed by atoms with Gasteiger partial charge >= 0.3 is 0 Å². The fraction of sp³-hybridized carbons (Fsp3) is 0.154. The molecule has 0 radical (unpaired) electrons. The maximum absolute atomic E-state index is 11.2. The molecule has 0 saturated heterocycles. The van der Waals surface area contributed by atoms with Crippen LogP contribution in [-0.2, 0) is 0 Å². The van der Waals surface area contributed by atoms with E-state index in [4.69, 9.17) is 10.5 Å². The molecule has 0 bridgehead atoms. The molecule has 1 amide bonds. The Morgan fingerprint density at radius 3 is 2.61 bits per heavy atom. The minimum Gasteiger partial charge on any atom is -0.497 e. The van der Waals surface area contributed by atoms with Crippen LogP contribution in [0.15, 0.2) is 36.5 Å².